The molecule has 0 aliphatic heterocycles. The molecule has 1 heterocycles. The molecule has 5 heteroatoms. The smallest absolute Gasteiger partial charge is 0.0725 e. The van der Waals surface area contributed by atoms with Gasteiger partial charge in [0.15, 0.2) is 0 Å². The minimum absolute atomic E-state index is 0.508. The van der Waals surface area contributed by atoms with Gasteiger partial charge in [0, 0.05) is 10.6 Å². The normalized spacial score (nSPS) is 11.4. The lowest BCUT2D eigenvalue weighted by Gasteiger charge is -2.08. The summed E-state index contributed by atoms with van der Waals surface area (Å²) in [5, 5.41) is 4.78. The van der Waals surface area contributed by atoms with E-state index in [1.807, 2.05) is 12.1 Å². The van der Waals surface area contributed by atoms with Crippen LogP contribution in [0.5, 0.6) is 0 Å². The molecule has 0 fully saturated rings. The van der Waals surface area contributed by atoms with E-state index in [-0.39, 0.29) is 0 Å². The highest BCUT2D eigenvalue weighted by atomic mass is 32.2. The van der Waals surface area contributed by atoms with E-state index in [1.165, 1.54) is 41.7 Å². The van der Waals surface area contributed by atoms with Crippen molar-refractivity contribution in [3.8, 4) is 0 Å². The minimum Gasteiger partial charge on any atom is -0.265 e. The van der Waals surface area contributed by atoms with E-state index in [1.54, 1.807) is 0 Å². The minimum atomic E-state index is 0.508. The second-order valence-corrected chi connectivity index (χ2v) is 6.35. The first-order valence-corrected chi connectivity index (χ1v) is 8.33. The van der Waals surface area contributed by atoms with Gasteiger partial charge in [-0.1, -0.05) is 32.9 Å². The summed E-state index contributed by atoms with van der Waals surface area (Å²) in [6, 6.07) is 8.26. The van der Waals surface area contributed by atoms with Crippen molar-refractivity contribution < 1.29 is 9.22 Å². The van der Waals surface area contributed by atoms with E-state index in [2.05, 4.69) is 49.4 Å². The van der Waals surface area contributed by atoms with Crippen LogP contribution in [-0.4, -0.2) is 16.9 Å². The summed E-state index contributed by atoms with van der Waals surface area (Å²) >= 11 is 1.21. The zero-order valence-electron chi connectivity index (χ0n) is 13.9. The standard InChI is InChI=1S/C17H24N2O2S/c1-6-16-17(12(2)3)13(4)19(18-16)11-14-7-9-15(10-8-14)22-21-20-5/h7-10,12H,6,11H2,1-5H3. The summed E-state index contributed by atoms with van der Waals surface area (Å²) in [4.78, 5) is 5.60. The molecule has 0 aliphatic carbocycles. The Labute approximate surface area is 137 Å². The molecular formula is C17H24N2O2S. The topological polar surface area (TPSA) is 36.3 Å². The van der Waals surface area contributed by atoms with Crippen molar-refractivity contribution in [2.24, 2.45) is 0 Å². The molecule has 1 aromatic carbocycles. The number of nitrogens with zero attached hydrogens (tertiary/aromatic N) is 2. The number of aromatic nitrogens is 2. The lowest BCUT2D eigenvalue weighted by molar-refractivity contribution is -0.160. The first-order valence-electron chi connectivity index (χ1n) is 7.59. The Morgan fingerprint density at radius 2 is 1.91 bits per heavy atom. The van der Waals surface area contributed by atoms with Crippen molar-refractivity contribution in [1.82, 2.24) is 9.78 Å². The van der Waals surface area contributed by atoms with Crippen molar-refractivity contribution in [3.63, 3.8) is 0 Å². The van der Waals surface area contributed by atoms with Gasteiger partial charge in [-0.05, 0) is 42.5 Å². The first-order chi connectivity index (χ1) is 10.6. The molecule has 22 heavy (non-hydrogen) atoms. The van der Waals surface area contributed by atoms with Crippen LogP contribution >= 0.6 is 12.0 Å². The molecule has 0 radical (unpaired) electrons. The van der Waals surface area contributed by atoms with E-state index in [4.69, 9.17) is 9.43 Å². The number of aryl methyl sites for hydroxylation is 1. The predicted octanol–water partition coefficient (Wildman–Crippen LogP) is 4.51. The quantitative estimate of drug-likeness (QED) is 0.427. The van der Waals surface area contributed by atoms with Crippen LogP contribution in [0.1, 0.15) is 49.2 Å². The molecule has 0 amide bonds. The highest BCUT2D eigenvalue weighted by molar-refractivity contribution is 7.94. The number of benzene rings is 1. The van der Waals surface area contributed by atoms with Crippen molar-refractivity contribution in [2.45, 2.75) is 51.5 Å². The Morgan fingerprint density at radius 3 is 2.41 bits per heavy atom. The molecule has 0 spiro atoms. The Hall–Kier alpha value is -1.30. The average Bonchev–Trinajstić information content (AvgIpc) is 2.83. The molecule has 1 aromatic heterocycles. The van der Waals surface area contributed by atoms with E-state index < -0.39 is 0 Å². The van der Waals surface area contributed by atoms with Gasteiger partial charge in [0.1, 0.15) is 0 Å². The van der Waals surface area contributed by atoms with Crippen LogP contribution in [0.3, 0.4) is 0 Å². The van der Waals surface area contributed by atoms with Crippen molar-refractivity contribution in [2.75, 3.05) is 7.11 Å². The molecule has 0 atom stereocenters. The van der Waals surface area contributed by atoms with Gasteiger partial charge >= 0.3 is 0 Å². The van der Waals surface area contributed by atoms with Crippen LogP contribution in [0.25, 0.3) is 0 Å². The van der Waals surface area contributed by atoms with Gasteiger partial charge in [0.25, 0.3) is 0 Å². The average molecular weight is 320 g/mol. The first kappa shape index (κ1) is 17.1. The van der Waals surface area contributed by atoms with Gasteiger partial charge in [-0.3, -0.25) is 4.68 Å². The molecule has 2 aromatic rings. The van der Waals surface area contributed by atoms with Crippen LogP contribution in [0.15, 0.2) is 29.2 Å². The molecule has 0 unspecified atom stereocenters. The molecule has 0 saturated carbocycles. The van der Waals surface area contributed by atoms with Crippen LogP contribution < -0.4 is 0 Å². The maximum absolute atomic E-state index is 4.86. The second-order valence-electron chi connectivity index (χ2n) is 5.57. The van der Waals surface area contributed by atoms with E-state index in [9.17, 15) is 0 Å². The summed E-state index contributed by atoms with van der Waals surface area (Å²) < 4.78 is 6.97. The fraction of sp³-hybridized carbons (Fsp3) is 0.471. The van der Waals surface area contributed by atoms with Crippen molar-refractivity contribution >= 4 is 12.0 Å². The molecule has 0 bridgehead atoms. The van der Waals surface area contributed by atoms with Crippen LogP contribution in [0, 0.1) is 6.92 Å². The number of hydrogen-bond acceptors (Lipinski definition) is 4. The number of rotatable bonds is 7. The SMILES string of the molecule is CCc1nn(Cc2ccc(SOOC)cc2)c(C)c1C(C)C. The summed E-state index contributed by atoms with van der Waals surface area (Å²) in [7, 11) is 1.50. The molecule has 2 rings (SSSR count). The summed E-state index contributed by atoms with van der Waals surface area (Å²) in [5.41, 5.74) is 5.11. The fourth-order valence-electron chi connectivity index (χ4n) is 2.69. The molecule has 0 aliphatic rings. The van der Waals surface area contributed by atoms with Gasteiger partial charge < -0.3 is 0 Å². The Morgan fingerprint density at radius 1 is 1.23 bits per heavy atom. The lowest BCUT2D eigenvalue weighted by atomic mass is 10.00. The van der Waals surface area contributed by atoms with Gasteiger partial charge in [-0.2, -0.15) is 9.43 Å². The Bertz CT molecular complexity index is 606. The summed E-state index contributed by atoms with van der Waals surface area (Å²) in [5.74, 6) is 0.508. The Kier molecular flexibility index (Phi) is 6.06. The Balaban J connectivity index is 2.17. The monoisotopic (exact) mass is 320 g/mol. The van der Waals surface area contributed by atoms with Crippen LogP contribution in [0.4, 0.5) is 0 Å². The lowest BCUT2D eigenvalue weighted by Crippen LogP contribution is -2.04. The summed E-state index contributed by atoms with van der Waals surface area (Å²) in [6.45, 7) is 9.59. The van der Waals surface area contributed by atoms with Crippen LogP contribution in [-0.2, 0) is 22.2 Å². The second kappa shape index (κ2) is 7.81. The maximum Gasteiger partial charge on any atom is 0.0725 e. The molecule has 120 valence electrons. The predicted molar refractivity (Wildman–Crippen MR) is 89.9 cm³/mol. The zero-order chi connectivity index (χ0) is 16.1. The largest absolute Gasteiger partial charge is 0.265 e. The zero-order valence-corrected chi connectivity index (χ0v) is 14.7. The van der Waals surface area contributed by atoms with E-state index >= 15 is 0 Å². The van der Waals surface area contributed by atoms with Crippen LogP contribution in [0.2, 0.25) is 0 Å². The molecular weight excluding hydrogens is 296 g/mol. The van der Waals surface area contributed by atoms with Gasteiger partial charge in [-0.15, -0.1) is 0 Å². The molecule has 4 nitrogen and oxygen atoms in total. The highest BCUT2D eigenvalue weighted by Crippen LogP contribution is 2.25. The third kappa shape index (κ3) is 3.91. The highest BCUT2D eigenvalue weighted by Gasteiger charge is 2.16. The fourth-order valence-corrected chi connectivity index (χ4v) is 3.08. The molecule has 0 N–H and O–H groups in total. The van der Waals surface area contributed by atoms with Gasteiger partial charge in [0.05, 0.1) is 31.4 Å². The third-order valence-electron chi connectivity index (χ3n) is 3.70. The van der Waals surface area contributed by atoms with E-state index in [0.717, 1.165) is 17.9 Å². The van der Waals surface area contributed by atoms with Gasteiger partial charge in [0.2, 0.25) is 0 Å². The van der Waals surface area contributed by atoms with Crippen molar-refractivity contribution in [1.29, 1.82) is 0 Å². The third-order valence-corrected chi connectivity index (χ3v) is 4.36. The molecule has 0 saturated heterocycles. The van der Waals surface area contributed by atoms with Crippen molar-refractivity contribution in [3.05, 3.63) is 46.8 Å². The maximum atomic E-state index is 4.86. The van der Waals surface area contributed by atoms with E-state index in [0.29, 0.717) is 5.92 Å². The number of hydrogen-bond donors (Lipinski definition) is 0. The summed E-state index contributed by atoms with van der Waals surface area (Å²) in [6.07, 6.45) is 0.977. The van der Waals surface area contributed by atoms with Gasteiger partial charge in [-0.25, -0.2) is 4.89 Å².